The van der Waals surface area contributed by atoms with E-state index in [1.165, 1.54) is 0 Å². The van der Waals surface area contributed by atoms with Gasteiger partial charge >= 0.3 is 0 Å². The summed E-state index contributed by atoms with van der Waals surface area (Å²) in [7, 11) is 0. The first kappa shape index (κ1) is 13.8. The predicted molar refractivity (Wildman–Crippen MR) is 73.3 cm³/mol. The van der Waals surface area contributed by atoms with Gasteiger partial charge in [-0.3, -0.25) is 4.98 Å². The third kappa shape index (κ3) is 2.19. The van der Waals surface area contributed by atoms with E-state index < -0.39 is 17.8 Å². The fourth-order valence-corrected chi connectivity index (χ4v) is 3.23. The quantitative estimate of drug-likeness (QED) is 0.825. The predicted octanol–water partition coefficient (Wildman–Crippen LogP) is 4.19. The second-order valence-electron chi connectivity index (χ2n) is 6.29. The van der Waals surface area contributed by atoms with E-state index in [-0.39, 0.29) is 6.10 Å². The van der Waals surface area contributed by atoms with Gasteiger partial charge in [-0.05, 0) is 37.3 Å². The van der Waals surface area contributed by atoms with Crippen LogP contribution >= 0.6 is 0 Å². The molecule has 0 spiro atoms. The molecule has 0 aliphatic heterocycles. The van der Waals surface area contributed by atoms with Crippen molar-refractivity contribution in [2.24, 2.45) is 11.8 Å². The molecule has 0 saturated heterocycles. The highest BCUT2D eigenvalue weighted by atomic mass is 19.3. The molecule has 0 radical (unpaired) electrons. The summed E-state index contributed by atoms with van der Waals surface area (Å²) in [5.74, 6) is -2.16. The maximum atomic E-state index is 13.2. The molecule has 2 fully saturated rings. The van der Waals surface area contributed by atoms with E-state index in [0.717, 1.165) is 23.6 Å². The van der Waals surface area contributed by atoms with Crippen LogP contribution in [0.4, 0.5) is 8.78 Å². The monoisotopic (exact) mass is 281 g/mol. The second-order valence-corrected chi connectivity index (χ2v) is 6.29. The number of pyridine rings is 1. The maximum absolute atomic E-state index is 13.2. The lowest BCUT2D eigenvalue weighted by molar-refractivity contribution is 0.0466. The number of nitrogens with zero attached hydrogens (tertiary/aromatic N) is 1. The summed E-state index contributed by atoms with van der Waals surface area (Å²) in [6, 6.07) is 3.92. The largest absolute Gasteiger partial charge is 0.488 e. The maximum Gasteiger partial charge on any atom is 0.254 e. The summed E-state index contributed by atoms with van der Waals surface area (Å²) in [6.07, 6.45) is 1.69. The van der Waals surface area contributed by atoms with Crippen LogP contribution in [0.25, 0.3) is 0 Å². The minimum absolute atomic E-state index is 0.0679. The van der Waals surface area contributed by atoms with Crippen LogP contribution in [0.3, 0.4) is 0 Å². The lowest BCUT2D eigenvalue weighted by Crippen LogP contribution is -2.19. The molecule has 2 atom stereocenters. The average molecular weight is 281 g/mol. The third-order valence-electron chi connectivity index (χ3n) is 4.57. The van der Waals surface area contributed by atoms with Crippen molar-refractivity contribution in [2.75, 3.05) is 0 Å². The van der Waals surface area contributed by atoms with Gasteiger partial charge in [-0.1, -0.05) is 20.8 Å². The number of hydrogen-bond donors (Lipinski definition) is 0. The van der Waals surface area contributed by atoms with Gasteiger partial charge in [-0.15, -0.1) is 0 Å². The Morgan fingerprint density at radius 2 is 1.95 bits per heavy atom. The second kappa shape index (κ2) is 4.68. The molecule has 1 aromatic heterocycles. The van der Waals surface area contributed by atoms with Crippen molar-refractivity contribution in [3.63, 3.8) is 0 Å². The van der Waals surface area contributed by atoms with E-state index in [0.29, 0.717) is 18.8 Å². The van der Waals surface area contributed by atoms with E-state index in [2.05, 4.69) is 18.8 Å². The van der Waals surface area contributed by atoms with Crippen LogP contribution in [0.5, 0.6) is 5.75 Å². The standard InChI is InChI=1S/C16H21F2NO/c1-4-13-15(6-5-14(19-13)9(2)3)20-10-7-11-12(8-10)16(11,17)18/h5-6,9-12H,4,7-8H2,1-3H3. The Bertz CT molecular complexity index is 501. The van der Waals surface area contributed by atoms with E-state index in [1.807, 2.05) is 19.1 Å². The van der Waals surface area contributed by atoms with E-state index in [1.54, 1.807) is 0 Å². The van der Waals surface area contributed by atoms with Gasteiger partial charge in [-0.25, -0.2) is 8.78 Å². The highest BCUT2D eigenvalue weighted by molar-refractivity contribution is 5.31. The molecule has 4 heteroatoms. The van der Waals surface area contributed by atoms with Crippen LogP contribution in [0, 0.1) is 11.8 Å². The molecular weight excluding hydrogens is 260 g/mol. The molecule has 2 nitrogen and oxygen atoms in total. The SMILES string of the molecule is CCc1nc(C(C)C)ccc1OC1CC2C(C1)C2(F)F. The third-order valence-corrected chi connectivity index (χ3v) is 4.57. The van der Waals surface area contributed by atoms with Gasteiger partial charge in [0.1, 0.15) is 5.75 Å². The van der Waals surface area contributed by atoms with Gasteiger partial charge in [-0.2, -0.15) is 0 Å². The highest BCUT2D eigenvalue weighted by Gasteiger charge is 2.72. The molecule has 2 aliphatic carbocycles. The summed E-state index contributed by atoms with van der Waals surface area (Å²) in [5, 5.41) is 0. The van der Waals surface area contributed by atoms with Gasteiger partial charge in [0.15, 0.2) is 0 Å². The number of aryl methyl sites for hydroxylation is 1. The highest BCUT2D eigenvalue weighted by Crippen LogP contribution is 2.64. The lowest BCUT2D eigenvalue weighted by Gasteiger charge is -2.19. The van der Waals surface area contributed by atoms with E-state index in [9.17, 15) is 8.78 Å². The number of fused-ring (bicyclic) bond motifs is 1. The van der Waals surface area contributed by atoms with Crippen molar-refractivity contribution in [2.45, 2.75) is 58.0 Å². The van der Waals surface area contributed by atoms with Gasteiger partial charge in [0, 0.05) is 17.5 Å². The van der Waals surface area contributed by atoms with Crippen molar-refractivity contribution in [3.8, 4) is 5.75 Å². The molecule has 3 rings (SSSR count). The molecule has 1 heterocycles. The summed E-state index contributed by atoms with van der Waals surface area (Å²) in [4.78, 5) is 4.62. The number of rotatable bonds is 4. The number of aromatic nitrogens is 1. The molecule has 2 saturated carbocycles. The lowest BCUT2D eigenvalue weighted by atomic mass is 10.1. The zero-order valence-corrected chi connectivity index (χ0v) is 12.2. The van der Waals surface area contributed by atoms with Crippen molar-refractivity contribution in [1.82, 2.24) is 4.98 Å². The minimum atomic E-state index is -2.42. The van der Waals surface area contributed by atoms with Crippen LogP contribution < -0.4 is 4.74 Å². The Kier molecular flexibility index (Phi) is 3.22. The van der Waals surface area contributed by atoms with Crippen molar-refractivity contribution >= 4 is 0 Å². The average Bonchev–Trinajstić information content (AvgIpc) is 2.79. The van der Waals surface area contributed by atoms with E-state index in [4.69, 9.17) is 4.74 Å². The first-order valence-corrected chi connectivity index (χ1v) is 7.47. The molecule has 20 heavy (non-hydrogen) atoms. The Labute approximate surface area is 118 Å². The first-order chi connectivity index (χ1) is 9.43. The molecule has 0 bridgehead atoms. The van der Waals surface area contributed by atoms with Gasteiger partial charge < -0.3 is 4.74 Å². The van der Waals surface area contributed by atoms with Crippen LogP contribution in [-0.2, 0) is 6.42 Å². The molecule has 2 unspecified atom stereocenters. The summed E-state index contributed by atoms with van der Waals surface area (Å²) in [6.45, 7) is 6.25. The smallest absolute Gasteiger partial charge is 0.254 e. The summed E-state index contributed by atoms with van der Waals surface area (Å²) >= 11 is 0. The molecule has 0 amide bonds. The van der Waals surface area contributed by atoms with Crippen molar-refractivity contribution in [1.29, 1.82) is 0 Å². The summed E-state index contributed by atoms with van der Waals surface area (Å²) in [5.41, 5.74) is 1.98. The Balaban J connectivity index is 1.69. The molecule has 1 aromatic rings. The molecular formula is C16H21F2NO. The number of halogens is 2. The normalized spacial score (nSPS) is 30.4. The van der Waals surface area contributed by atoms with Crippen molar-refractivity contribution in [3.05, 3.63) is 23.5 Å². The van der Waals surface area contributed by atoms with Crippen LogP contribution in [0.15, 0.2) is 12.1 Å². The number of alkyl halides is 2. The van der Waals surface area contributed by atoms with Crippen molar-refractivity contribution < 1.29 is 13.5 Å². The van der Waals surface area contributed by atoms with Gasteiger partial charge in [0.25, 0.3) is 5.92 Å². The molecule has 110 valence electrons. The molecule has 0 aromatic carbocycles. The fraction of sp³-hybridized carbons (Fsp3) is 0.688. The molecule has 0 N–H and O–H groups in total. The number of ether oxygens (including phenoxy) is 1. The Morgan fingerprint density at radius 3 is 2.50 bits per heavy atom. The number of hydrogen-bond acceptors (Lipinski definition) is 2. The Hall–Kier alpha value is -1.19. The van der Waals surface area contributed by atoms with Crippen LogP contribution in [0.2, 0.25) is 0 Å². The van der Waals surface area contributed by atoms with Crippen LogP contribution in [0.1, 0.15) is 50.9 Å². The summed E-state index contributed by atoms with van der Waals surface area (Å²) < 4.78 is 32.3. The zero-order chi connectivity index (χ0) is 14.5. The topological polar surface area (TPSA) is 22.1 Å². The first-order valence-electron chi connectivity index (χ1n) is 7.47. The van der Waals surface area contributed by atoms with Crippen LogP contribution in [-0.4, -0.2) is 17.0 Å². The fourth-order valence-electron chi connectivity index (χ4n) is 3.23. The zero-order valence-electron chi connectivity index (χ0n) is 12.2. The molecule has 2 aliphatic rings. The Morgan fingerprint density at radius 1 is 1.30 bits per heavy atom. The van der Waals surface area contributed by atoms with Gasteiger partial charge in [0.2, 0.25) is 0 Å². The van der Waals surface area contributed by atoms with Gasteiger partial charge in [0.05, 0.1) is 11.8 Å². The minimum Gasteiger partial charge on any atom is -0.488 e. The van der Waals surface area contributed by atoms with E-state index >= 15 is 0 Å².